The Kier molecular flexibility index (Phi) is 4.21. The van der Waals surface area contributed by atoms with Crippen LogP contribution in [0.4, 0.5) is 26.1 Å². The molecule has 0 saturated heterocycles. The fraction of sp³-hybridized carbons (Fsp3) is 0.154. The first-order valence-corrected chi connectivity index (χ1v) is 6.81. The third-order valence-electron chi connectivity index (χ3n) is 2.50. The number of benzene rings is 1. The van der Waals surface area contributed by atoms with Crippen molar-refractivity contribution in [2.24, 2.45) is 0 Å². The molecule has 0 radical (unpaired) electrons. The van der Waals surface area contributed by atoms with E-state index in [-0.39, 0.29) is 11.6 Å². The van der Waals surface area contributed by atoms with Crippen LogP contribution in [-0.2, 0) is 0 Å². The summed E-state index contributed by atoms with van der Waals surface area (Å²) in [6, 6.07) is 8.27. The lowest BCUT2D eigenvalue weighted by Crippen LogP contribution is -2.03. The summed E-state index contributed by atoms with van der Waals surface area (Å²) in [5.41, 5.74) is 0.701. The van der Waals surface area contributed by atoms with Crippen molar-refractivity contribution in [3.63, 3.8) is 0 Å². The molecule has 0 fully saturated rings. The molecule has 100 valence electrons. The lowest BCUT2D eigenvalue weighted by atomic mass is 10.3. The van der Waals surface area contributed by atoms with Crippen LogP contribution in [-0.4, -0.2) is 18.3 Å². The van der Waals surface area contributed by atoms with Crippen LogP contribution in [0.1, 0.15) is 0 Å². The fourth-order valence-electron chi connectivity index (χ4n) is 1.57. The van der Waals surface area contributed by atoms with Crippen LogP contribution >= 0.6 is 11.8 Å². The highest BCUT2D eigenvalue weighted by molar-refractivity contribution is 7.98. The highest BCUT2D eigenvalue weighted by Gasteiger charge is 2.11. The van der Waals surface area contributed by atoms with Crippen molar-refractivity contribution in [2.45, 2.75) is 4.90 Å². The van der Waals surface area contributed by atoms with E-state index in [2.05, 4.69) is 15.6 Å². The molecule has 2 aromatic rings. The molecule has 0 aliphatic heterocycles. The zero-order chi connectivity index (χ0) is 13.8. The standard InChI is InChI=1S/C13H13F2N3S/c1-16-12-10(14)7-11(15)13(18-12)17-8-4-3-5-9(6-8)19-2/h3-7H,1-2H3,(H2,16,17,18). The number of anilines is 3. The van der Waals surface area contributed by atoms with E-state index in [9.17, 15) is 8.78 Å². The molecule has 2 N–H and O–H groups in total. The van der Waals surface area contributed by atoms with Crippen molar-refractivity contribution < 1.29 is 8.78 Å². The third-order valence-corrected chi connectivity index (χ3v) is 3.22. The summed E-state index contributed by atoms with van der Waals surface area (Å²) >= 11 is 1.58. The number of rotatable bonds is 4. The van der Waals surface area contributed by atoms with Gasteiger partial charge in [0, 0.05) is 23.7 Å². The van der Waals surface area contributed by atoms with E-state index in [0.29, 0.717) is 5.69 Å². The third kappa shape index (κ3) is 3.14. The number of nitrogens with zero attached hydrogens (tertiary/aromatic N) is 1. The van der Waals surface area contributed by atoms with E-state index in [0.717, 1.165) is 11.0 Å². The number of hydrogen-bond acceptors (Lipinski definition) is 4. The van der Waals surface area contributed by atoms with Crippen molar-refractivity contribution in [1.29, 1.82) is 0 Å². The van der Waals surface area contributed by atoms with Gasteiger partial charge in [-0.05, 0) is 24.5 Å². The molecule has 0 saturated carbocycles. The molecule has 2 rings (SSSR count). The van der Waals surface area contributed by atoms with E-state index < -0.39 is 11.6 Å². The first-order valence-electron chi connectivity index (χ1n) is 5.59. The quantitative estimate of drug-likeness (QED) is 0.834. The van der Waals surface area contributed by atoms with Gasteiger partial charge in [0.15, 0.2) is 23.3 Å². The van der Waals surface area contributed by atoms with Gasteiger partial charge < -0.3 is 10.6 Å². The van der Waals surface area contributed by atoms with Crippen LogP contribution in [0.3, 0.4) is 0 Å². The van der Waals surface area contributed by atoms with Crippen LogP contribution < -0.4 is 10.6 Å². The zero-order valence-corrected chi connectivity index (χ0v) is 11.3. The molecule has 19 heavy (non-hydrogen) atoms. The molecule has 0 unspecified atom stereocenters. The van der Waals surface area contributed by atoms with Crippen LogP contribution in [0.25, 0.3) is 0 Å². The van der Waals surface area contributed by atoms with Gasteiger partial charge in [0.2, 0.25) is 0 Å². The first kappa shape index (κ1) is 13.6. The van der Waals surface area contributed by atoms with E-state index in [1.807, 2.05) is 24.5 Å². The average Bonchev–Trinajstić information content (AvgIpc) is 2.42. The lowest BCUT2D eigenvalue weighted by molar-refractivity contribution is 0.580. The van der Waals surface area contributed by atoms with Gasteiger partial charge in [0.25, 0.3) is 0 Å². The van der Waals surface area contributed by atoms with Gasteiger partial charge in [-0.2, -0.15) is 0 Å². The normalized spacial score (nSPS) is 10.3. The van der Waals surface area contributed by atoms with E-state index in [4.69, 9.17) is 0 Å². The number of halogens is 2. The summed E-state index contributed by atoms with van der Waals surface area (Å²) in [7, 11) is 1.53. The van der Waals surface area contributed by atoms with E-state index >= 15 is 0 Å². The van der Waals surface area contributed by atoms with Gasteiger partial charge in [-0.1, -0.05) is 6.07 Å². The molecule has 0 amide bonds. The molecule has 0 atom stereocenters. The van der Waals surface area contributed by atoms with E-state index in [1.54, 1.807) is 17.8 Å². The Morgan fingerprint density at radius 1 is 1.11 bits per heavy atom. The van der Waals surface area contributed by atoms with Crippen molar-refractivity contribution in [3.05, 3.63) is 42.0 Å². The monoisotopic (exact) mass is 281 g/mol. The molecule has 1 heterocycles. The van der Waals surface area contributed by atoms with Crippen molar-refractivity contribution in [2.75, 3.05) is 23.9 Å². The summed E-state index contributed by atoms with van der Waals surface area (Å²) < 4.78 is 26.9. The summed E-state index contributed by atoms with van der Waals surface area (Å²) in [5, 5.41) is 5.42. The SMILES string of the molecule is CNc1nc(Nc2cccc(SC)c2)c(F)cc1F. The second-order valence-corrected chi connectivity index (χ2v) is 4.64. The topological polar surface area (TPSA) is 37.0 Å². The lowest BCUT2D eigenvalue weighted by Gasteiger charge is -2.10. The number of aromatic nitrogens is 1. The maximum absolute atomic E-state index is 13.6. The zero-order valence-electron chi connectivity index (χ0n) is 10.5. The smallest absolute Gasteiger partial charge is 0.169 e. The summed E-state index contributed by atoms with van der Waals surface area (Å²) in [6.07, 6.45) is 1.95. The van der Waals surface area contributed by atoms with Gasteiger partial charge in [0.05, 0.1) is 0 Å². The fourth-order valence-corrected chi connectivity index (χ4v) is 2.03. The molecule has 3 nitrogen and oxygen atoms in total. The average molecular weight is 281 g/mol. The second kappa shape index (κ2) is 5.88. The minimum Gasteiger partial charge on any atom is -0.371 e. The first-order chi connectivity index (χ1) is 9.13. The Morgan fingerprint density at radius 3 is 2.53 bits per heavy atom. The number of hydrogen-bond donors (Lipinski definition) is 2. The van der Waals surface area contributed by atoms with Gasteiger partial charge in [-0.25, -0.2) is 13.8 Å². The van der Waals surface area contributed by atoms with Crippen LogP contribution in [0, 0.1) is 11.6 Å². The molecule has 0 aliphatic carbocycles. The predicted octanol–water partition coefficient (Wildman–Crippen LogP) is 3.87. The van der Waals surface area contributed by atoms with E-state index in [1.165, 1.54) is 7.05 Å². The van der Waals surface area contributed by atoms with Crippen LogP contribution in [0.5, 0.6) is 0 Å². The van der Waals surface area contributed by atoms with Gasteiger partial charge in [-0.15, -0.1) is 11.8 Å². The minimum absolute atomic E-state index is 0.00456. The summed E-state index contributed by atoms with van der Waals surface area (Å²) in [6.45, 7) is 0. The highest BCUT2D eigenvalue weighted by atomic mass is 32.2. The van der Waals surface area contributed by atoms with Crippen LogP contribution in [0.15, 0.2) is 35.2 Å². The Balaban J connectivity index is 2.32. The summed E-state index contributed by atoms with van der Waals surface area (Å²) in [4.78, 5) is 4.90. The molecule has 0 spiro atoms. The molecule has 0 aliphatic rings. The van der Waals surface area contributed by atoms with Gasteiger partial charge in [-0.3, -0.25) is 0 Å². The number of nitrogens with one attached hydrogen (secondary N) is 2. The van der Waals surface area contributed by atoms with Crippen molar-refractivity contribution >= 4 is 29.1 Å². The highest BCUT2D eigenvalue weighted by Crippen LogP contribution is 2.24. The van der Waals surface area contributed by atoms with Crippen molar-refractivity contribution in [3.8, 4) is 0 Å². The largest absolute Gasteiger partial charge is 0.371 e. The Labute approximate surface area is 114 Å². The second-order valence-electron chi connectivity index (χ2n) is 3.76. The number of pyridine rings is 1. The maximum Gasteiger partial charge on any atom is 0.169 e. The Morgan fingerprint density at radius 2 is 1.84 bits per heavy atom. The Hall–Kier alpha value is -1.82. The number of thioether (sulfide) groups is 1. The van der Waals surface area contributed by atoms with Gasteiger partial charge in [0.1, 0.15) is 0 Å². The Bertz CT molecular complexity index is 590. The molecular formula is C13H13F2N3S. The molecular weight excluding hydrogens is 268 g/mol. The molecule has 1 aromatic heterocycles. The predicted molar refractivity (Wildman–Crippen MR) is 75.2 cm³/mol. The van der Waals surface area contributed by atoms with Gasteiger partial charge >= 0.3 is 0 Å². The minimum atomic E-state index is -0.731. The van der Waals surface area contributed by atoms with Crippen molar-refractivity contribution in [1.82, 2.24) is 4.98 Å². The summed E-state index contributed by atoms with van der Waals surface area (Å²) in [5.74, 6) is -1.46. The molecule has 6 heteroatoms. The molecule has 0 bridgehead atoms. The molecule has 1 aromatic carbocycles. The maximum atomic E-state index is 13.6. The van der Waals surface area contributed by atoms with Crippen LogP contribution in [0.2, 0.25) is 0 Å².